The summed E-state index contributed by atoms with van der Waals surface area (Å²) >= 11 is 0. The first-order valence-electron chi connectivity index (χ1n) is 10.3. The Balaban J connectivity index is 1.65. The number of rotatable bonds is 5. The van der Waals surface area contributed by atoms with Gasteiger partial charge in [0.05, 0.1) is 31.7 Å². The molecule has 0 N–H and O–H groups in total. The Labute approximate surface area is 176 Å². The molecule has 5 heteroatoms. The van der Waals surface area contributed by atoms with Crippen molar-refractivity contribution in [2.45, 2.75) is 6.54 Å². The number of benzene rings is 2. The van der Waals surface area contributed by atoms with Gasteiger partial charge in [-0.1, -0.05) is 42.5 Å². The summed E-state index contributed by atoms with van der Waals surface area (Å²) in [6.45, 7) is 4.25. The van der Waals surface area contributed by atoms with Crippen LogP contribution in [0.15, 0.2) is 72.9 Å². The number of fused-ring (bicyclic) bond motifs is 1. The van der Waals surface area contributed by atoms with Crippen molar-refractivity contribution in [3.8, 4) is 28.1 Å². The molecule has 0 aliphatic carbocycles. The van der Waals surface area contributed by atoms with Crippen molar-refractivity contribution in [3.05, 3.63) is 78.6 Å². The number of hydrogen-bond donors (Lipinski definition) is 0. The highest BCUT2D eigenvalue weighted by molar-refractivity contribution is 5.71. The quantitative estimate of drug-likeness (QED) is 0.495. The largest absolute Gasteiger partial charge is 0.497 e. The molecule has 0 radical (unpaired) electrons. The Bertz CT molecular complexity index is 1150. The molecule has 0 atom stereocenters. The Morgan fingerprint density at radius 1 is 0.900 bits per heavy atom. The SMILES string of the molecule is COc1cccc(-c2nc3ccc(-c4ccccc4)cn3c2CN2CCOCC2)c1. The van der Waals surface area contributed by atoms with Gasteiger partial charge in [-0.15, -0.1) is 0 Å². The molecule has 0 spiro atoms. The van der Waals surface area contributed by atoms with Gasteiger partial charge in [-0.25, -0.2) is 4.98 Å². The molecular formula is C25H25N3O2. The maximum atomic E-state index is 5.55. The zero-order chi connectivity index (χ0) is 20.3. The van der Waals surface area contributed by atoms with E-state index in [0.717, 1.165) is 55.5 Å². The van der Waals surface area contributed by atoms with Crippen molar-refractivity contribution >= 4 is 5.65 Å². The van der Waals surface area contributed by atoms with E-state index in [1.54, 1.807) is 7.11 Å². The van der Waals surface area contributed by atoms with Gasteiger partial charge in [0.2, 0.25) is 0 Å². The predicted molar refractivity (Wildman–Crippen MR) is 119 cm³/mol. The molecule has 5 rings (SSSR count). The smallest absolute Gasteiger partial charge is 0.137 e. The summed E-state index contributed by atoms with van der Waals surface area (Å²) in [4.78, 5) is 7.44. The lowest BCUT2D eigenvalue weighted by Gasteiger charge is -2.26. The van der Waals surface area contributed by atoms with Crippen molar-refractivity contribution in [1.82, 2.24) is 14.3 Å². The minimum absolute atomic E-state index is 0.778. The van der Waals surface area contributed by atoms with Crippen LogP contribution in [-0.2, 0) is 11.3 Å². The predicted octanol–water partition coefficient (Wildman–Crippen LogP) is 4.51. The van der Waals surface area contributed by atoms with Gasteiger partial charge in [-0.2, -0.15) is 0 Å². The van der Waals surface area contributed by atoms with Crippen LogP contribution >= 0.6 is 0 Å². The van der Waals surface area contributed by atoms with Gasteiger partial charge in [0.1, 0.15) is 11.4 Å². The lowest BCUT2D eigenvalue weighted by atomic mass is 10.1. The number of imidazole rings is 1. The third-order valence-corrected chi connectivity index (χ3v) is 5.64. The van der Waals surface area contributed by atoms with Gasteiger partial charge in [0.25, 0.3) is 0 Å². The van der Waals surface area contributed by atoms with Crippen molar-refractivity contribution < 1.29 is 9.47 Å². The summed E-state index contributed by atoms with van der Waals surface area (Å²) < 4.78 is 13.2. The van der Waals surface area contributed by atoms with E-state index >= 15 is 0 Å². The number of morpholine rings is 1. The molecule has 0 unspecified atom stereocenters. The molecule has 0 bridgehead atoms. The lowest BCUT2D eigenvalue weighted by molar-refractivity contribution is 0.0336. The van der Waals surface area contributed by atoms with Crippen LogP contribution in [0.2, 0.25) is 0 Å². The molecule has 30 heavy (non-hydrogen) atoms. The summed E-state index contributed by atoms with van der Waals surface area (Å²) in [6, 6.07) is 22.9. The fourth-order valence-electron chi connectivity index (χ4n) is 4.02. The van der Waals surface area contributed by atoms with Gasteiger partial charge in [0.15, 0.2) is 0 Å². The van der Waals surface area contributed by atoms with Crippen LogP contribution in [0.25, 0.3) is 28.0 Å². The average molecular weight is 399 g/mol. The fraction of sp³-hybridized carbons (Fsp3) is 0.240. The highest BCUT2D eigenvalue weighted by Crippen LogP contribution is 2.30. The van der Waals surface area contributed by atoms with Gasteiger partial charge in [-0.3, -0.25) is 4.90 Å². The number of methoxy groups -OCH3 is 1. The summed E-state index contributed by atoms with van der Waals surface area (Å²) in [7, 11) is 1.70. The van der Waals surface area contributed by atoms with Gasteiger partial charge < -0.3 is 13.9 Å². The monoisotopic (exact) mass is 399 g/mol. The maximum absolute atomic E-state index is 5.55. The normalized spacial score (nSPS) is 14.8. The maximum Gasteiger partial charge on any atom is 0.137 e. The molecular weight excluding hydrogens is 374 g/mol. The van der Waals surface area contributed by atoms with E-state index in [1.165, 1.54) is 16.8 Å². The topological polar surface area (TPSA) is 39.0 Å². The molecule has 1 saturated heterocycles. The van der Waals surface area contributed by atoms with Crippen molar-refractivity contribution in [2.24, 2.45) is 0 Å². The zero-order valence-corrected chi connectivity index (χ0v) is 17.1. The van der Waals surface area contributed by atoms with Gasteiger partial charge >= 0.3 is 0 Å². The minimum Gasteiger partial charge on any atom is -0.497 e. The fourth-order valence-corrected chi connectivity index (χ4v) is 4.02. The van der Waals surface area contributed by atoms with Crippen LogP contribution < -0.4 is 4.74 Å². The molecule has 152 valence electrons. The van der Waals surface area contributed by atoms with Gasteiger partial charge in [0, 0.05) is 31.4 Å². The molecule has 1 fully saturated rings. The lowest BCUT2D eigenvalue weighted by Crippen LogP contribution is -2.36. The summed E-state index contributed by atoms with van der Waals surface area (Å²) in [6.07, 6.45) is 2.21. The number of pyridine rings is 1. The molecule has 1 aliphatic rings. The van der Waals surface area contributed by atoms with E-state index in [-0.39, 0.29) is 0 Å². The minimum atomic E-state index is 0.778. The van der Waals surface area contributed by atoms with Crippen molar-refractivity contribution in [2.75, 3.05) is 33.4 Å². The molecule has 2 aromatic heterocycles. The summed E-state index contributed by atoms with van der Waals surface area (Å²) in [5, 5.41) is 0. The van der Waals surface area contributed by atoms with Crippen LogP contribution in [0.5, 0.6) is 5.75 Å². The Kier molecular flexibility index (Phi) is 5.22. The Hall–Kier alpha value is -3.15. The van der Waals surface area contributed by atoms with Crippen LogP contribution in [0.3, 0.4) is 0 Å². The molecule has 4 aromatic rings. The first kappa shape index (κ1) is 18.9. The van der Waals surface area contributed by atoms with Crippen molar-refractivity contribution in [1.29, 1.82) is 0 Å². The Morgan fingerprint density at radius 2 is 1.70 bits per heavy atom. The first-order chi connectivity index (χ1) is 14.8. The number of hydrogen-bond acceptors (Lipinski definition) is 4. The average Bonchev–Trinajstić information content (AvgIpc) is 3.18. The standard InChI is InChI=1S/C25H25N3O2/c1-29-22-9-5-8-20(16-22)25-23(18-27-12-14-30-15-13-27)28-17-21(10-11-24(28)26-25)19-6-3-2-4-7-19/h2-11,16-17H,12-15,18H2,1H3. The molecule has 0 amide bonds. The third-order valence-electron chi connectivity index (χ3n) is 5.64. The van der Waals surface area contributed by atoms with E-state index in [2.05, 4.69) is 64.0 Å². The molecule has 2 aromatic carbocycles. The third kappa shape index (κ3) is 3.70. The Morgan fingerprint density at radius 3 is 2.50 bits per heavy atom. The van der Waals surface area contributed by atoms with E-state index in [4.69, 9.17) is 14.5 Å². The van der Waals surface area contributed by atoms with Crippen molar-refractivity contribution in [3.63, 3.8) is 0 Å². The van der Waals surface area contributed by atoms with E-state index in [9.17, 15) is 0 Å². The molecule has 1 aliphatic heterocycles. The number of ether oxygens (including phenoxy) is 2. The molecule has 5 nitrogen and oxygen atoms in total. The first-order valence-corrected chi connectivity index (χ1v) is 10.3. The van der Waals surface area contributed by atoms with Crippen LogP contribution in [0.4, 0.5) is 0 Å². The van der Waals surface area contributed by atoms with E-state index < -0.39 is 0 Å². The molecule has 3 heterocycles. The molecule has 0 saturated carbocycles. The second-order valence-electron chi connectivity index (χ2n) is 7.54. The summed E-state index contributed by atoms with van der Waals surface area (Å²) in [5.74, 6) is 0.840. The number of aromatic nitrogens is 2. The second kappa shape index (κ2) is 8.30. The highest BCUT2D eigenvalue weighted by Gasteiger charge is 2.19. The number of nitrogens with zero attached hydrogens (tertiary/aromatic N) is 3. The van der Waals surface area contributed by atoms with Gasteiger partial charge in [-0.05, 0) is 35.4 Å². The van der Waals surface area contributed by atoms with Crippen LogP contribution in [0.1, 0.15) is 5.69 Å². The summed E-state index contributed by atoms with van der Waals surface area (Å²) in [5.41, 5.74) is 6.61. The zero-order valence-electron chi connectivity index (χ0n) is 17.1. The van der Waals surface area contributed by atoms with E-state index in [1.807, 2.05) is 18.2 Å². The van der Waals surface area contributed by atoms with E-state index in [0.29, 0.717) is 0 Å². The van der Waals surface area contributed by atoms with Crippen LogP contribution in [-0.4, -0.2) is 47.7 Å². The second-order valence-corrected chi connectivity index (χ2v) is 7.54. The highest BCUT2D eigenvalue weighted by atomic mass is 16.5. The van der Waals surface area contributed by atoms with Crippen LogP contribution in [0, 0.1) is 0 Å².